The summed E-state index contributed by atoms with van der Waals surface area (Å²) < 4.78 is 18.6. The summed E-state index contributed by atoms with van der Waals surface area (Å²) in [5, 5.41) is 3.02. The molecule has 2 unspecified atom stereocenters. The van der Waals surface area contributed by atoms with Gasteiger partial charge in [-0.3, -0.25) is 4.79 Å². The maximum atomic E-state index is 13.7. The van der Waals surface area contributed by atoms with Crippen LogP contribution in [0, 0.1) is 23.6 Å². The lowest BCUT2D eigenvalue weighted by Gasteiger charge is -2.43. The van der Waals surface area contributed by atoms with Crippen molar-refractivity contribution in [3.8, 4) is 5.75 Å². The van der Waals surface area contributed by atoms with Crippen molar-refractivity contribution in [3.63, 3.8) is 0 Å². The van der Waals surface area contributed by atoms with Gasteiger partial charge in [-0.2, -0.15) is 0 Å². The first-order valence-corrected chi connectivity index (χ1v) is 8.94. The van der Waals surface area contributed by atoms with E-state index in [0.717, 1.165) is 31.2 Å². The van der Waals surface area contributed by atoms with E-state index < -0.39 is 0 Å². The first kappa shape index (κ1) is 20.0. The van der Waals surface area contributed by atoms with E-state index in [1.54, 1.807) is 6.07 Å². The van der Waals surface area contributed by atoms with Crippen LogP contribution in [0.2, 0.25) is 0 Å². The normalized spacial score (nSPS) is 28.0. The van der Waals surface area contributed by atoms with Gasteiger partial charge in [0, 0.05) is 18.5 Å². The van der Waals surface area contributed by atoms with Crippen LogP contribution in [0.25, 0.3) is 0 Å². The van der Waals surface area contributed by atoms with Gasteiger partial charge in [-0.25, -0.2) is 4.39 Å². The van der Waals surface area contributed by atoms with Crippen molar-refractivity contribution in [1.82, 2.24) is 5.32 Å². The van der Waals surface area contributed by atoms with Gasteiger partial charge in [0.1, 0.15) is 0 Å². The number of halogens is 2. The number of hydrogen-bond donors (Lipinski definition) is 2. The highest BCUT2D eigenvalue weighted by Crippen LogP contribution is 2.41. The number of nitrogens with two attached hydrogens (primary N) is 1. The Kier molecular flexibility index (Phi) is 7.08. The molecule has 0 heterocycles. The maximum absolute atomic E-state index is 13.7. The van der Waals surface area contributed by atoms with Gasteiger partial charge in [0.25, 0.3) is 0 Å². The van der Waals surface area contributed by atoms with Crippen LogP contribution in [-0.2, 0) is 11.2 Å². The average Bonchev–Trinajstić information content (AvgIpc) is 2.54. The molecule has 3 N–H and O–H groups in total. The lowest BCUT2D eigenvalue weighted by molar-refractivity contribution is -0.127. The highest BCUT2D eigenvalue weighted by atomic mass is 35.5. The van der Waals surface area contributed by atoms with Gasteiger partial charge >= 0.3 is 0 Å². The Balaban J connectivity index is 0.00000225. The summed E-state index contributed by atoms with van der Waals surface area (Å²) in [4.78, 5) is 12.4. The van der Waals surface area contributed by atoms with Gasteiger partial charge in [-0.15, -0.1) is 12.4 Å². The summed E-state index contributed by atoms with van der Waals surface area (Å²) in [6.45, 7) is 0.530. The summed E-state index contributed by atoms with van der Waals surface area (Å²) in [6.07, 6.45) is 6.02. The van der Waals surface area contributed by atoms with Crippen molar-refractivity contribution >= 4 is 18.3 Å². The fraction of sp³-hybridized carbons (Fsp3) is 0.632. The van der Waals surface area contributed by atoms with Crippen molar-refractivity contribution in [2.45, 2.75) is 44.6 Å². The third-order valence-corrected chi connectivity index (χ3v) is 5.71. The van der Waals surface area contributed by atoms with Crippen molar-refractivity contribution in [3.05, 3.63) is 29.6 Å². The highest BCUT2D eigenvalue weighted by molar-refractivity contribution is 5.85. The Labute approximate surface area is 155 Å². The Morgan fingerprint density at radius 1 is 1.32 bits per heavy atom. The van der Waals surface area contributed by atoms with Gasteiger partial charge in [0.15, 0.2) is 11.6 Å². The van der Waals surface area contributed by atoms with E-state index in [-0.39, 0.29) is 41.8 Å². The van der Waals surface area contributed by atoms with Gasteiger partial charge in [0.05, 0.1) is 7.11 Å². The number of rotatable bonds is 5. The van der Waals surface area contributed by atoms with Crippen LogP contribution in [0.1, 0.15) is 37.7 Å². The van der Waals surface area contributed by atoms with E-state index in [1.165, 1.54) is 19.6 Å². The number of nitrogens with one attached hydrogen (secondary N) is 1. The number of amides is 1. The minimum atomic E-state index is -0.365. The van der Waals surface area contributed by atoms with Crippen molar-refractivity contribution in [2.75, 3.05) is 13.7 Å². The Morgan fingerprint density at radius 2 is 2.00 bits per heavy atom. The van der Waals surface area contributed by atoms with E-state index in [2.05, 4.69) is 5.32 Å². The first-order valence-electron chi connectivity index (χ1n) is 8.94. The quantitative estimate of drug-likeness (QED) is 0.837. The molecule has 3 rings (SSSR count). The lowest BCUT2D eigenvalue weighted by atomic mass is 9.65. The van der Waals surface area contributed by atoms with Crippen molar-refractivity contribution < 1.29 is 13.9 Å². The van der Waals surface area contributed by atoms with E-state index in [1.807, 2.05) is 6.07 Å². The summed E-state index contributed by atoms with van der Waals surface area (Å²) in [5.41, 5.74) is 7.14. The van der Waals surface area contributed by atoms with E-state index in [9.17, 15) is 9.18 Å². The van der Waals surface area contributed by atoms with Crippen LogP contribution in [0.3, 0.4) is 0 Å². The summed E-state index contributed by atoms with van der Waals surface area (Å²) in [6, 6.07) is 5.20. The molecule has 2 aliphatic carbocycles. The average molecular weight is 371 g/mol. The zero-order valence-electron chi connectivity index (χ0n) is 14.7. The molecule has 2 saturated carbocycles. The van der Waals surface area contributed by atoms with Gasteiger partial charge < -0.3 is 15.8 Å². The smallest absolute Gasteiger partial charge is 0.223 e. The monoisotopic (exact) mass is 370 g/mol. The number of ether oxygens (including phenoxy) is 1. The largest absolute Gasteiger partial charge is 0.494 e. The second-order valence-electron chi connectivity index (χ2n) is 7.21. The summed E-state index contributed by atoms with van der Waals surface area (Å²) in [5.74, 6) is 1.11. The number of carbonyl (C=O) groups excluding carboxylic acids is 1. The molecular formula is C19H28ClFN2O2. The number of fused-ring (bicyclic) bond motifs is 2. The Bertz CT molecular complexity index is 585. The molecule has 1 amide bonds. The molecule has 2 fully saturated rings. The topological polar surface area (TPSA) is 64.3 Å². The van der Waals surface area contributed by atoms with E-state index in [4.69, 9.17) is 10.5 Å². The molecule has 0 spiro atoms. The minimum absolute atomic E-state index is 0. The highest BCUT2D eigenvalue weighted by Gasteiger charge is 2.40. The SMILES string of the molecule is COc1ccc(CCNC(=O)C2CC3CCCC(C2)C3N)cc1F.Cl. The first-order chi connectivity index (χ1) is 11.6. The predicted octanol–water partition coefficient (Wildman–Crippen LogP) is 3.07. The molecule has 2 aliphatic rings. The number of benzene rings is 1. The molecule has 1 aromatic rings. The molecular weight excluding hydrogens is 343 g/mol. The van der Waals surface area contributed by atoms with Crippen LogP contribution in [0.4, 0.5) is 4.39 Å². The number of carbonyl (C=O) groups is 1. The standard InChI is InChI=1S/C19H27FN2O2.ClH/c1-24-17-6-5-12(9-16(17)20)7-8-22-19(23)15-10-13-3-2-4-14(11-15)18(13)21;/h5-6,9,13-15,18H,2-4,7-8,10-11,21H2,1H3,(H,22,23);1H. The molecule has 0 aliphatic heterocycles. The molecule has 6 heteroatoms. The second kappa shape index (κ2) is 8.86. The Morgan fingerprint density at radius 3 is 2.60 bits per heavy atom. The van der Waals surface area contributed by atoms with Gasteiger partial charge in [0.2, 0.25) is 5.91 Å². The molecule has 25 heavy (non-hydrogen) atoms. The minimum Gasteiger partial charge on any atom is -0.494 e. The molecule has 4 nitrogen and oxygen atoms in total. The molecule has 140 valence electrons. The summed E-state index contributed by atoms with van der Waals surface area (Å²) in [7, 11) is 1.45. The predicted molar refractivity (Wildman–Crippen MR) is 98.4 cm³/mol. The molecule has 0 radical (unpaired) electrons. The van der Waals surface area contributed by atoms with E-state index in [0.29, 0.717) is 24.8 Å². The molecule has 2 atom stereocenters. The number of methoxy groups -OCH3 is 1. The number of hydrogen-bond acceptors (Lipinski definition) is 3. The second-order valence-corrected chi connectivity index (χ2v) is 7.21. The van der Waals surface area contributed by atoms with E-state index >= 15 is 0 Å². The van der Waals surface area contributed by atoms with Crippen LogP contribution in [0.5, 0.6) is 5.75 Å². The van der Waals surface area contributed by atoms with Crippen LogP contribution in [0.15, 0.2) is 18.2 Å². The van der Waals surface area contributed by atoms with Crippen LogP contribution in [-0.4, -0.2) is 25.6 Å². The molecule has 0 aromatic heterocycles. The molecule has 0 saturated heterocycles. The fourth-order valence-corrected chi connectivity index (χ4v) is 4.34. The molecule has 2 bridgehead atoms. The fourth-order valence-electron chi connectivity index (χ4n) is 4.34. The van der Waals surface area contributed by atoms with Crippen LogP contribution >= 0.6 is 12.4 Å². The Hall–Kier alpha value is -1.33. The van der Waals surface area contributed by atoms with Crippen LogP contribution < -0.4 is 15.8 Å². The third-order valence-electron chi connectivity index (χ3n) is 5.71. The maximum Gasteiger partial charge on any atom is 0.223 e. The van der Waals surface area contributed by atoms with Gasteiger partial charge in [-0.05, 0) is 61.6 Å². The lowest BCUT2D eigenvalue weighted by Crippen LogP contribution is -2.49. The van der Waals surface area contributed by atoms with Crippen molar-refractivity contribution in [1.29, 1.82) is 0 Å². The van der Waals surface area contributed by atoms with Gasteiger partial charge in [-0.1, -0.05) is 12.5 Å². The zero-order valence-corrected chi connectivity index (χ0v) is 15.5. The summed E-state index contributed by atoms with van der Waals surface area (Å²) >= 11 is 0. The zero-order chi connectivity index (χ0) is 17.1. The third kappa shape index (κ3) is 4.64. The van der Waals surface area contributed by atoms with Crippen molar-refractivity contribution in [2.24, 2.45) is 23.5 Å². The molecule has 1 aromatic carbocycles.